The maximum absolute atomic E-state index is 12.8. The van der Waals surface area contributed by atoms with Crippen LogP contribution in [0.25, 0.3) is 0 Å². The molecule has 1 aliphatic heterocycles. The number of benzene rings is 2. The highest BCUT2D eigenvalue weighted by Gasteiger charge is 2.38. The quantitative estimate of drug-likeness (QED) is 0.455. The Hall–Kier alpha value is -2.73. The van der Waals surface area contributed by atoms with Gasteiger partial charge in [-0.15, -0.1) is 0 Å². The maximum Gasteiger partial charge on any atom is 0.233 e. The van der Waals surface area contributed by atoms with Crippen molar-refractivity contribution in [2.45, 2.75) is 32.2 Å². The van der Waals surface area contributed by atoms with Crippen LogP contribution in [0.5, 0.6) is 0 Å². The fourth-order valence-corrected chi connectivity index (χ4v) is 3.28. The molecule has 1 amide bonds. The number of unbranched alkanes of at least 4 members (excludes halogenated alkanes) is 1. The predicted octanol–water partition coefficient (Wildman–Crippen LogP) is 3.78. The summed E-state index contributed by atoms with van der Waals surface area (Å²) in [4.78, 5) is 14.6. The van der Waals surface area contributed by atoms with Crippen LogP contribution in [0.3, 0.4) is 0 Å². The summed E-state index contributed by atoms with van der Waals surface area (Å²) in [6.07, 6.45) is 2.41. The SMILES string of the molecule is CCCCNC(=S)NN=C1CC(=O)N(c2ccccc2)C1c1ccccc1. The van der Waals surface area contributed by atoms with E-state index in [-0.39, 0.29) is 18.4 Å². The molecule has 5 nitrogen and oxygen atoms in total. The molecule has 2 N–H and O–H groups in total. The minimum Gasteiger partial charge on any atom is -0.361 e. The molecule has 0 spiro atoms. The topological polar surface area (TPSA) is 56.7 Å². The van der Waals surface area contributed by atoms with Crippen LogP contribution in [0.15, 0.2) is 65.8 Å². The van der Waals surface area contributed by atoms with E-state index >= 15 is 0 Å². The third-order valence-corrected chi connectivity index (χ3v) is 4.68. The van der Waals surface area contributed by atoms with Crippen molar-refractivity contribution in [2.24, 2.45) is 5.10 Å². The Morgan fingerprint density at radius 3 is 2.48 bits per heavy atom. The van der Waals surface area contributed by atoms with E-state index < -0.39 is 0 Å². The Labute approximate surface area is 165 Å². The van der Waals surface area contributed by atoms with Crippen molar-refractivity contribution in [1.29, 1.82) is 0 Å². The Morgan fingerprint density at radius 2 is 1.81 bits per heavy atom. The van der Waals surface area contributed by atoms with Crippen LogP contribution < -0.4 is 15.6 Å². The zero-order valence-electron chi connectivity index (χ0n) is 15.4. The van der Waals surface area contributed by atoms with Crippen molar-refractivity contribution in [3.05, 3.63) is 66.2 Å². The minimum absolute atomic E-state index is 0.0282. The first kappa shape index (κ1) is 19.0. The third kappa shape index (κ3) is 4.71. The molecule has 1 fully saturated rings. The smallest absolute Gasteiger partial charge is 0.233 e. The number of rotatable bonds is 6. The standard InChI is InChI=1S/C21H24N4OS/c1-2-3-14-22-21(27)24-23-18-15-19(26)25(17-12-8-5-9-13-17)20(18)16-10-6-4-7-11-16/h4-13,20H,2-3,14-15H2,1H3,(H2,22,24,27). The van der Waals surface area contributed by atoms with E-state index in [1.807, 2.05) is 65.6 Å². The molecular weight excluding hydrogens is 356 g/mol. The van der Waals surface area contributed by atoms with E-state index in [4.69, 9.17) is 12.2 Å². The van der Waals surface area contributed by atoms with Gasteiger partial charge in [-0.05, 0) is 36.3 Å². The molecule has 140 valence electrons. The molecule has 1 unspecified atom stereocenters. The van der Waals surface area contributed by atoms with Gasteiger partial charge in [0.1, 0.15) is 6.04 Å². The maximum atomic E-state index is 12.8. The van der Waals surface area contributed by atoms with Crippen LogP contribution in [0, 0.1) is 0 Å². The van der Waals surface area contributed by atoms with Crippen molar-refractivity contribution in [2.75, 3.05) is 11.4 Å². The van der Waals surface area contributed by atoms with Gasteiger partial charge in [-0.25, -0.2) is 0 Å². The van der Waals surface area contributed by atoms with Gasteiger partial charge in [0.25, 0.3) is 0 Å². The molecular formula is C21H24N4OS. The first-order valence-electron chi connectivity index (χ1n) is 9.23. The molecule has 2 aromatic rings. The van der Waals surface area contributed by atoms with Crippen LogP contribution in [0.1, 0.15) is 37.8 Å². The Morgan fingerprint density at radius 1 is 1.15 bits per heavy atom. The van der Waals surface area contributed by atoms with Crippen LogP contribution in [-0.2, 0) is 4.79 Å². The second-order valence-corrected chi connectivity index (χ2v) is 6.82. The lowest BCUT2D eigenvalue weighted by atomic mass is 10.0. The predicted molar refractivity (Wildman–Crippen MR) is 114 cm³/mol. The number of amides is 1. The zero-order chi connectivity index (χ0) is 19.1. The fraction of sp³-hybridized carbons (Fsp3) is 0.286. The van der Waals surface area contributed by atoms with E-state index in [0.717, 1.165) is 36.3 Å². The number of thiocarbonyl (C=S) groups is 1. The molecule has 1 heterocycles. The van der Waals surface area contributed by atoms with Gasteiger partial charge in [0.2, 0.25) is 5.91 Å². The Balaban J connectivity index is 1.86. The molecule has 27 heavy (non-hydrogen) atoms. The molecule has 6 heteroatoms. The monoisotopic (exact) mass is 380 g/mol. The number of nitrogens with zero attached hydrogens (tertiary/aromatic N) is 2. The molecule has 0 bridgehead atoms. The van der Waals surface area contributed by atoms with Gasteiger partial charge in [-0.1, -0.05) is 61.9 Å². The number of hydrogen-bond acceptors (Lipinski definition) is 3. The number of hydrazone groups is 1. The van der Waals surface area contributed by atoms with Gasteiger partial charge in [-0.2, -0.15) is 5.10 Å². The van der Waals surface area contributed by atoms with Crippen molar-refractivity contribution in [1.82, 2.24) is 10.7 Å². The van der Waals surface area contributed by atoms with Gasteiger partial charge in [-0.3, -0.25) is 15.1 Å². The van der Waals surface area contributed by atoms with E-state index in [1.165, 1.54) is 0 Å². The molecule has 1 saturated heterocycles. The Kier molecular flexibility index (Phi) is 6.54. The molecule has 0 aliphatic carbocycles. The highest BCUT2D eigenvalue weighted by molar-refractivity contribution is 7.80. The molecule has 0 saturated carbocycles. The molecule has 3 rings (SSSR count). The van der Waals surface area contributed by atoms with E-state index in [9.17, 15) is 4.79 Å². The van der Waals surface area contributed by atoms with E-state index in [0.29, 0.717) is 5.11 Å². The number of carbonyl (C=O) groups is 1. The van der Waals surface area contributed by atoms with Crippen molar-refractivity contribution in [3.63, 3.8) is 0 Å². The van der Waals surface area contributed by atoms with Crippen molar-refractivity contribution >= 4 is 34.6 Å². The second-order valence-electron chi connectivity index (χ2n) is 6.41. The third-order valence-electron chi connectivity index (χ3n) is 4.44. The van der Waals surface area contributed by atoms with Crippen molar-refractivity contribution < 1.29 is 4.79 Å². The molecule has 0 aromatic heterocycles. The van der Waals surface area contributed by atoms with Crippen LogP contribution in [0.2, 0.25) is 0 Å². The van der Waals surface area contributed by atoms with Gasteiger partial charge in [0, 0.05) is 12.2 Å². The zero-order valence-corrected chi connectivity index (χ0v) is 16.2. The summed E-state index contributed by atoms with van der Waals surface area (Å²) in [7, 11) is 0. The summed E-state index contributed by atoms with van der Waals surface area (Å²) in [5.74, 6) is 0.0282. The van der Waals surface area contributed by atoms with Gasteiger partial charge in [0.15, 0.2) is 5.11 Å². The molecule has 2 aromatic carbocycles. The highest BCUT2D eigenvalue weighted by atomic mass is 32.1. The number of anilines is 1. The average Bonchev–Trinajstić information content (AvgIpc) is 3.04. The summed E-state index contributed by atoms with van der Waals surface area (Å²) in [6, 6.07) is 19.4. The summed E-state index contributed by atoms with van der Waals surface area (Å²) in [6.45, 7) is 2.94. The first-order valence-corrected chi connectivity index (χ1v) is 9.64. The molecule has 1 atom stereocenters. The van der Waals surface area contributed by atoms with Crippen LogP contribution >= 0.6 is 12.2 Å². The summed E-state index contributed by atoms with van der Waals surface area (Å²) < 4.78 is 0. The van der Waals surface area contributed by atoms with E-state index in [1.54, 1.807) is 0 Å². The lowest BCUT2D eigenvalue weighted by molar-refractivity contribution is -0.116. The highest BCUT2D eigenvalue weighted by Crippen LogP contribution is 2.35. The second kappa shape index (κ2) is 9.28. The summed E-state index contributed by atoms with van der Waals surface area (Å²) in [5.41, 5.74) is 5.56. The number of para-hydroxylation sites is 1. The molecule has 0 radical (unpaired) electrons. The van der Waals surface area contributed by atoms with Crippen molar-refractivity contribution in [3.8, 4) is 0 Å². The van der Waals surface area contributed by atoms with Gasteiger partial charge < -0.3 is 5.32 Å². The Bertz CT molecular complexity index is 807. The van der Waals surface area contributed by atoms with Crippen LogP contribution in [0.4, 0.5) is 5.69 Å². The van der Waals surface area contributed by atoms with Crippen LogP contribution in [-0.4, -0.2) is 23.3 Å². The fourth-order valence-electron chi connectivity index (χ4n) is 3.13. The lowest BCUT2D eigenvalue weighted by Gasteiger charge is -2.25. The number of nitrogens with one attached hydrogen (secondary N) is 2. The minimum atomic E-state index is -0.243. The lowest BCUT2D eigenvalue weighted by Crippen LogP contribution is -2.34. The largest absolute Gasteiger partial charge is 0.361 e. The normalized spacial score (nSPS) is 18.0. The first-order chi connectivity index (χ1) is 13.2. The number of hydrogen-bond donors (Lipinski definition) is 2. The average molecular weight is 381 g/mol. The number of carbonyl (C=O) groups excluding carboxylic acids is 1. The van der Waals surface area contributed by atoms with E-state index in [2.05, 4.69) is 22.8 Å². The molecule has 1 aliphatic rings. The summed E-state index contributed by atoms with van der Waals surface area (Å²) >= 11 is 5.28. The summed E-state index contributed by atoms with van der Waals surface area (Å²) in [5, 5.41) is 8.10. The van der Waals surface area contributed by atoms with Gasteiger partial charge >= 0.3 is 0 Å². The van der Waals surface area contributed by atoms with Gasteiger partial charge in [0.05, 0.1) is 12.1 Å².